The highest BCUT2D eigenvalue weighted by Gasteiger charge is 2.35. The molecular weight excluding hydrogens is 295 g/mol. The molecule has 3 rings (SSSR count). The lowest BCUT2D eigenvalue weighted by molar-refractivity contribution is -0.124. The van der Waals surface area contributed by atoms with Crippen LogP contribution in [0, 0.1) is 5.82 Å². The van der Waals surface area contributed by atoms with E-state index in [-0.39, 0.29) is 17.6 Å². The third kappa shape index (κ3) is 2.95. The van der Waals surface area contributed by atoms with E-state index in [2.05, 4.69) is 0 Å². The lowest BCUT2D eigenvalue weighted by Gasteiger charge is -2.39. The molecule has 4 nitrogen and oxygen atoms in total. The van der Waals surface area contributed by atoms with Crippen molar-refractivity contribution in [3.8, 4) is 0 Å². The number of benzene rings is 2. The molecule has 0 aliphatic carbocycles. The van der Waals surface area contributed by atoms with Crippen LogP contribution in [0.5, 0.6) is 0 Å². The van der Waals surface area contributed by atoms with E-state index in [4.69, 9.17) is 0 Å². The van der Waals surface area contributed by atoms with Crippen molar-refractivity contribution in [2.45, 2.75) is 13.0 Å². The summed E-state index contributed by atoms with van der Waals surface area (Å²) in [5.74, 6) is -0.754. The van der Waals surface area contributed by atoms with Gasteiger partial charge in [0.25, 0.3) is 5.91 Å². The molecule has 1 atom stereocenters. The molecule has 23 heavy (non-hydrogen) atoms. The van der Waals surface area contributed by atoms with Gasteiger partial charge in [0.2, 0.25) is 5.91 Å². The summed E-state index contributed by atoms with van der Waals surface area (Å²) in [7, 11) is 0. The first-order valence-corrected chi connectivity index (χ1v) is 7.51. The SMILES string of the molecule is C[C@H]1C(=O)N(c2ccccc2)CCN1C(=O)c1ccc(F)cc1. The average molecular weight is 312 g/mol. The van der Waals surface area contributed by atoms with E-state index in [1.165, 1.54) is 29.2 Å². The van der Waals surface area contributed by atoms with Gasteiger partial charge in [-0.05, 0) is 43.3 Å². The fraction of sp³-hybridized carbons (Fsp3) is 0.222. The highest BCUT2D eigenvalue weighted by Crippen LogP contribution is 2.21. The fourth-order valence-corrected chi connectivity index (χ4v) is 2.77. The summed E-state index contributed by atoms with van der Waals surface area (Å²) in [4.78, 5) is 28.4. The van der Waals surface area contributed by atoms with E-state index in [1.54, 1.807) is 11.8 Å². The van der Waals surface area contributed by atoms with Gasteiger partial charge in [0, 0.05) is 24.3 Å². The Hall–Kier alpha value is -2.69. The average Bonchev–Trinajstić information content (AvgIpc) is 2.58. The van der Waals surface area contributed by atoms with Crippen molar-refractivity contribution in [3.05, 3.63) is 66.0 Å². The number of hydrogen-bond donors (Lipinski definition) is 0. The smallest absolute Gasteiger partial charge is 0.254 e. The molecule has 0 aromatic heterocycles. The first-order valence-electron chi connectivity index (χ1n) is 7.51. The quantitative estimate of drug-likeness (QED) is 0.855. The van der Waals surface area contributed by atoms with Gasteiger partial charge >= 0.3 is 0 Å². The predicted molar refractivity (Wildman–Crippen MR) is 85.7 cm³/mol. The summed E-state index contributed by atoms with van der Waals surface area (Å²) < 4.78 is 13.0. The molecule has 118 valence electrons. The molecule has 0 N–H and O–H groups in total. The number of rotatable bonds is 2. The van der Waals surface area contributed by atoms with Crippen LogP contribution in [0.1, 0.15) is 17.3 Å². The Kier molecular flexibility index (Phi) is 4.10. The van der Waals surface area contributed by atoms with Crippen molar-refractivity contribution < 1.29 is 14.0 Å². The second-order valence-electron chi connectivity index (χ2n) is 5.51. The van der Waals surface area contributed by atoms with Gasteiger partial charge in [-0.15, -0.1) is 0 Å². The Morgan fingerprint density at radius 2 is 1.70 bits per heavy atom. The number of nitrogens with zero attached hydrogens (tertiary/aromatic N) is 2. The molecule has 5 heteroatoms. The van der Waals surface area contributed by atoms with Gasteiger partial charge in [-0.2, -0.15) is 0 Å². The van der Waals surface area contributed by atoms with Gasteiger partial charge in [0.1, 0.15) is 11.9 Å². The third-order valence-corrected chi connectivity index (χ3v) is 4.08. The lowest BCUT2D eigenvalue weighted by atomic mass is 10.1. The van der Waals surface area contributed by atoms with Crippen LogP contribution in [0.2, 0.25) is 0 Å². The molecule has 2 amide bonds. The summed E-state index contributed by atoms with van der Waals surface area (Å²) in [6, 6.07) is 14.2. The van der Waals surface area contributed by atoms with Crippen LogP contribution in [0.25, 0.3) is 0 Å². The second-order valence-corrected chi connectivity index (χ2v) is 5.51. The number of para-hydroxylation sites is 1. The largest absolute Gasteiger partial charge is 0.325 e. The summed E-state index contributed by atoms with van der Waals surface area (Å²) in [6.45, 7) is 2.61. The van der Waals surface area contributed by atoms with E-state index in [9.17, 15) is 14.0 Å². The second kappa shape index (κ2) is 6.20. The fourth-order valence-electron chi connectivity index (χ4n) is 2.77. The summed E-state index contributed by atoms with van der Waals surface area (Å²) in [5.41, 5.74) is 1.22. The molecule has 0 unspecified atom stereocenters. The van der Waals surface area contributed by atoms with E-state index < -0.39 is 6.04 Å². The zero-order valence-corrected chi connectivity index (χ0v) is 12.8. The number of anilines is 1. The molecule has 0 bridgehead atoms. The van der Waals surface area contributed by atoms with Crippen molar-refractivity contribution in [1.29, 1.82) is 0 Å². The van der Waals surface area contributed by atoms with Crippen molar-refractivity contribution >= 4 is 17.5 Å². The molecule has 1 aliphatic rings. The number of halogens is 1. The van der Waals surface area contributed by atoms with Crippen LogP contribution < -0.4 is 4.90 Å². The van der Waals surface area contributed by atoms with Gasteiger partial charge in [-0.3, -0.25) is 9.59 Å². The highest BCUT2D eigenvalue weighted by atomic mass is 19.1. The van der Waals surface area contributed by atoms with Crippen molar-refractivity contribution in [1.82, 2.24) is 4.90 Å². The summed E-state index contributed by atoms with van der Waals surface area (Å²) >= 11 is 0. The number of amides is 2. The van der Waals surface area contributed by atoms with Crippen LogP contribution in [0.4, 0.5) is 10.1 Å². The zero-order chi connectivity index (χ0) is 16.4. The van der Waals surface area contributed by atoms with Gasteiger partial charge in [-0.1, -0.05) is 18.2 Å². The van der Waals surface area contributed by atoms with Crippen LogP contribution in [-0.4, -0.2) is 35.8 Å². The predicted octanol–water partition coefficient (Wildman–Crippen LogP) is 2.70. The molecule has 0 spiro atoms. The van der Waals surface area contributed by atoms with Gasteiger partial charge < -0.3 is 9.80 Å². The molecule has 0 radical (unpaired) electrons. The molecule has 1 heterocycles. The van der Waals surface area contributed by atoms with E-state index in [1.807, 2.05) is 30.3 Å². The monoisotopic (exact) mass is 312 g/mol. The summed E-state index contributed by atoms with van der Waals surface area (Å²) in [6.07, 6.45) is 0. The van der Waals surface area contributed by atoms with Crippen LogP contribution in [-0.2, 0) is 4.79 Å². The number of carbonyl (C=O) groups is 2. The maximum absolute atomic E-state index is 13.0. The van der Waals surface area contributed by atoms with E-state index in [0.29, 0.717) is 18.7 Å². The Morgan fingerprint density at radius 3 is 2.35 bits per heavy atom. The molecular formula is C18H17FN2O2. The molecule has 2 aromatic carbocycles. The number of carbonyl (C=O) groups excluding carboxylic acids is 2. The minimum atomic E-state index is -0.554. The van der Waals surface area contributed by atoms with Gasteiger partial charge in [0.05, 0.1) is 0 Å². The highest BCUT2D eigenvalue weighted by molar-refractivity contribution is 6.03. The van der Waals surface area contributed by atoms with Gasteiger partial charge in [-0.25, -0.2) is 4.39 Å². The molecule has 1 aliphatic heterocycles. The van der Waals surface area contributed by atoms with Crippen molar-refractivity contribution in [2.75, 3.05) is 18.0 Å². The Bertz CT molecular complexity index is 716. The first kappa shape index (κ1) is 15.2. The lowest BCUT2D eigenvalue weighted by Crippen LogP contribution is -2.57. The number of piperazine rings is 1. The molecule has 1 fully saturated rings. The van der Waals surface area contributed by atoms with Crippen LogP contribution in [0.15, 0.2) is 54.6 Å². The number of hydrogen-bond acceptors (Lipinski definition) is 2. The minimum Gasteiger partial charge on any atom is -0.325 e. The van der Waals surface area contributed by atoms with Crippen molar-refractivity contribution in [2.24, 2.45) is 0 Å². The minimum absolute atomic E-state index is 0.113. The Labute approximate surface area is 134 Å². The maximum Gasteiger partial charge on any atom is 0.254 e. The van der Waals surface area contributed by atoms with E-state index in [0.717, 1.165) is 5.69 Å². The van der Waals surface area contributed by atoms with Gasteiger partial charge in [0.15, 0.2) is 0 Å². The Balaban J connectivity index is 1.78. The Morgan fingerprint density at radius 1 is 1.04 bits per heavy atom. The van der Waals surface area contributed by atoms with E-state index >= 15 is 0 Å². The van der Waals surface area contributed by atoms with Crippen LogP contribution in [0.3, 0.4) is 0 Å². The topological polar surface area (TPSA) is 40.6 Å². The molecule has 2 aromatic rings. The zero-order valence-electron chi connectivity index (χ0n) is 12.8. The molecule has 1 saturated heterocycles. The third-order valence-electron chi connectivity index (χ3n) is 4.08. The van der Waals surface area contributed by atoms with Crippen molar-refractivity contribution in [3.63, 3.8) is 0 Å². The van der Waals surface area contributed by atoms with Crippen LogP contribution >= 0.6 is 0 Å². The maximum atomic E-state index is 13.0. The molecule has 0 saturated carbocycles. The standard InChI is InChI=1S/C18H17FN2O2/c1-13-17(22)21(16-5-3-2-4-6-16)12-11-20(13)18(23)14-7-9-15(19)10-8-14/h2-10,13H,11-12H2,1H3/t13-/m0/s1. The normalized spacial score (nSPS) is 18.2. The first-order chi connectivity index (χ1) is 11.1. The summed E-state index contributed by atoms with van der Waals surface area (Å²) in [5, 5.41) is 0.